The number of hydrogen-bond acceptors (Lipinski definition) is 0. The molecule has 4 aromatic rings. The van der Waals surface area contributed by atoms with Crippen LogP contribution in [-0.4, -0.2) is 0 Å². The van der Waals surface area contributed by atoms with E-state index in [2.05, 4.69) is 136 Å². The Bertz CT molecular complexity index is 1500. The van der Waals surface area contributed by atoms with E-state index in [1.165, 1.54) is 46.2 Å². The van der Waals surface area contributed by atoms with Crippen LogP contribution in [0, 0.1) is 37.5 Å². The van der Waals surface area contributed by atoms with Crippen molar-refractivity contribution in [2.24, 2.45) is 0 Å². The van der Waals surface area contributed by atoms with Crippen LogP contribution in [-0.2, 0) is 0 Å². The van der Waals surface area contributed by atoms with Gasteiger partial charge >= 0.3 is 0 Å². The van der Waals surface area contributed by atoms with Gasteiger partial charge in [0.25, 0.3) is 0 Å². The van der Waals surface area contributed by atoms with Crippen LogP contribution in [0.15, 0.2) is 84.9 Å². The number of aryl methyl sites for hydroxylation is 2. The third kappa shape index (κ3) is 6.85. The molecule has 0 aromatic heterocycles. The van der Waals surface area contributed by atoms with Gasteiger partial charge in [-0.1, -0.05) is 93.3 Å². The van der Waals surface area contributed by atoms with Crippen molar-refractivity contribution in [3.05, 3.63) is 129 Å². The molecule has 0 heteroatoms. The SMILES string of the molecule is CC.Cc1ccc(C#Cc2ccc(-c3ccc(C#Cc4ccc(C(C)C)cc4)cc3C)c(C3CC3)c2)cc1. The molecule has 0 spiro atoms. The summed E-state index contributed by atoms with van der Waals surface area (Å²) in [5, 5.41) is 0. The van der Waals surface area contributed by atoms with Crippen LogP contribution in [0.1, 0.15) is 96.9 Å². The summed E-state index contributed by atoms with van der Waals surface area (Å²) >= 11 is 0. The zero-order valence-corrected chi connectivity index (χ0v) is 23.7. The standard InChI is InChI=1S/C36H32.C2H6/c1-25(2)32-17-13-29(14-18-32)9-11-30-15-21-34(27(4)23-30)35-22-16-31(24-36(35)33-19-20-33)12-10-28-7-5-26(3)6-8-28;1-2/h5-8,13-18,21-25,33H,19-20H2,1-4H3;1-2H3. The Hall–Kier alpha value is -4.00. The fourth-order valence-electron chi connectivity index (χ4n) is 4.54. The topological polar surface area (TPSA) is 0 Å². The summed E-state index contributed by atoms with van der Waals surface area (Å²) in [6.45, 7) is 12.7. The first-order chi connectivity index (χ1) is 18.5. The van der Waals surface area contributed by atoms with Gasteiger partial charge in [0, 0.05) is 22.3 Å². The van der Waals surface area contributed by atoms with Crippen molar-refractivity contribution in [3.63, 3.8) is 0 Å². The molecule has 38 heavy (non-hydrogen) atoms. The van der Waals surface area contributed by atoms with Crippen LogP contribution in [0.25, 0.3) is 11.1 Å². The second-order valence-electron chi connectivity index (χ2n) is 10.2. The van der Waals surface area contributed by atoms with Crippen molar-refractivity contribution in [1.29, 1.82) is 0 Å². The molecular weight excluding hydrogens is 456 g/mol. The van der Waals surface area contributed by atoms with Crippen molar-refractivity contribution >= 4 is 0 Å². The Kier molecular flexibility index (Phi) is 8.89. The summed E-state index contributed by atoms with van der Waals surface area (Å²) in [6, 6.07) is 30.3. The Labute approximate surface area is 230 Å². The third-order valence-corrected chi connectivity index (χ3v) is 6.92. The predicted octanol–water partition coefficient (Wildman–Crippen LogP) is 9.80. The van der Waals surface area contributed by atoms with Crippen LogP contribution in [0.4, 0.5) is 0 Å². The first-order valence-electron chi connectivity index (χ1n) is 13.9. The Morgan fingerprint density at radius 2 is 1.05 bits per heavy atom. The first kappa shape index (κ1) is 27.0. The van der Waals surface area contributed by atoms with Crippen LogP contribution in [0.5, 0.6) is 0 Å². The summed E-state index contributed by atoms with van der Waals surface area (Å²) in [7, 11) is 0. The molecule has 0 atom stereocenters. The van der Waals surface area contributed by atoms with E-state index in [1.54, 1.807) is 0 Å². The third-order valence-electron chi connectivity index (χ3n) is 6.92. The Balaban J connectivity index is 0.00000164. The number of benzene rings is 4. The zero-order chi connectivity index (χ0) is 27.1. The minimum absolute atomic E-state index is 0.539. The average Bonchev–Trinajstić information content (AvgIpc) is 3.79. The van der Waals surface area contributed by atoms with Crippen molar-refractivity contribution in [3.8, 4) is 34.8 Å². The highest BCUT2D eigenvalue weighted by atomic mass is 14.3. The van der Waals surface area contributed by atoms with Crippen LogP contribution in [0.2, 0.25) is 0 Å². The highest BCUT2D eigenvalue weighted by Crippen LogP contribution is 2.45. The molecule has 0 heterocycles. The molecule has 0 N–H and O–H groups in total. The minimum Gasteiger partial charge on any atom is -0.0683 e. The van der Waals surface area contributed by atoms with E-state index in [9.17, 15) is 0 Å². The molecule has 0 bridgehead atoms. The maximum absolute atomic E-state index is 3.38. The molecule has 190 valence electrons. The van der Waals surface area contributed by atoms with Gasteiger partial charge in [-0.2, -0.15) is 0 Å². The van der Waals surface area contributed by atoms with Crippen molar-refractivity contribution in [2.75, 3.05) is 0 Å². The van der Waals surface area contributed by atoms with Crippen molar-refractivity contribution < 1.29 is 0 Å². The molecule has 0 aliphatic heterocycles. The van der Waals surface area contributed by atoms with E-state index < -0.39 is 0 Å². The predicted molar refractivity (Wildman–Crippen MR) is 164 cm³/mol. The van der Waals surface area contributed by atoms with Crippen LogP contribution in [0.3, 0.4) is 0 Å². The molecule has 1 aliphatic carbocycles. The summed E-state index contributed by atoms with van der Waals surface area (Å²) in [5.41, 5.74) is 12.2. The number of rotatable bonds is 3. The summed E-state index contributed by atoms with van der Waals surface area (Å²) < 4.78 is 0. The maximum Gasteiger partial charge on any atom is 0.0252 e. The van der Waals surface area contributed by atoms with Gasteiger partial charge in [0.2, 0.25) is 0 Å². The monoisotopic (exact) mass is 494 g/mol. The van der Waals surface area contributed by atoms with E-state index >= 15 is 0 Å². The van der Waals surface area contributed by atoms with Crippen LogP contribution >= 0.6 is 0 Å². The molecule has 1 fully saturated rings. The fraction of sp³-hybridized carbons (Fsp3) is 0.263. The van der Waals surface area contributed by atoms with E-state index in [0.717, 1.165) is 22.3 Å². The summed E-state index contributed by atoms with van der Waals surface area (Å²) in [6.07, 6.45) is 2.53. The van der Waals surface area contributed by atoms with E-state index in [-0.39, 0.29) is 0 Å². The quantitative estimate of drug-likeness (QED) is 0.249. The van der Waals surface area contributed by atoms with Gasteiger partial charge in [-0.25, -0.2) is 0 Å². The largest absolute Gasteiger partial charge is 0.0683 e. The van der Waals surface area contributed by atoms with Gasteiger partial charge in [0.15, 0.2) is 0 Å². The van der Waals surface area contributed by atoms with Gasteiger partial charge in [0.1, 0.15) is 0 Å². The molecule has 1 aliphatic rings. The van der Waals surface area contributed by atoms with Gasteiger partial charge in [-0.05, 0) is 115 Å². The second-order valence-corrected chi connectivity index (χ2v) is 10.2. The minimum atomic E-state index is 0.539. The molecular formula is C38H38. The Morgan fingerprint density at radius 3 is 1.58 bits per heavy atom. The fourth-order valence-corrected chi connectivity index (χ4v) is 4.54. The Morgan fingerprint density at radius 1 is 0.579 bits per heavy atom. The average molecular weight is 495 g/mol. The second kappa shape index (κ2) is 12.5. The normalized spacial score (nSPS) is 12.0. The van der Waals surface area contributed by atoms with Crippen LogP contribution < -0.4 is 0 Å². The molecule has 1 saturated carbocycles. The summed E-state index contributed by atoms with van der Waals surface area (Å²) in [5.74, 6) is 14.6. The van der Waals surface area contributed by atoms with Gasteiger partial charge < -0.3 is 0 Å². The zero-order valence-electron chi connectivity index (χ0n) is 23.7. The first-order valence-corrected chi connectivity index (χ1v) is 13.9. The molecule has 0 amide bonds. The van der Waals surface area contributed by atoms with E-state index in [1.807, 2.05) is 13.8 Å². The molecule has 4 aromatic carbocycles. The van der Waals surface area contributed by atoms with Gasteiger partial charge in [0.05, 0.1) is 0 Å². The number of hydrogen-bond donors (Lipinski definition) is 0. The van der Waals surface area contributed by atoms with Gasteiger partial charge in [-0.15, -0.1) is 0 Å². The maximum atomic E-state index is 3.38. The van der Waals surface area contributed by atoms with E-state index in [0.29, 0.717) is 11.8 Å². The smallest absolute Gasteiger partial charge is 0.0252 e. The molecule has 0 nitrogen and oxygen atoms in total. The molecule has 0 radical (unpaired) electrons. The van der Waals surface area contributed by atoms with Gasteiger partial charge in [-0.3, -0.25) is 0 Å². The lowest BCUT2D eigenvalue weighted by atomic mass is 9.91. The molecule has 5 rings (SSSR count). The highest BCUT2D eigenvalue weighted by Gasteiger charge is 2.27. The lowest BCUT2D eigenvalue weighted by Crippen LogP contribution is -1.92. The molecule has 0 saturated heterocycles. The van der Waals surface area contributed by atoms with Crippen molar-refractivity contribution in [2.45, 2.75) is 66.2 Å². The highest BCUT2D eigenvalue weighted by molar-refractivity contribution is 5.73. The van der Waals surface area contributed by atoms with E-state index in [4.69, 9.17) is 0 Å². The molecule has 0 unspecified atom stereocenters. The lowest BCUT2D eigenvalue weighted by molar-refractivity contribution is 0.866. The summed E-state index contributed by atoms with van der Waals surface area (Å²) in [4.78, 5) is 0. The van der Waals surface area contributed by atoms with Crippen molar-refractivity contribution in [1.82, 2.24) is 0 Å². The lowest BCUT2D eigenvalue weighted by Gasteiger charge is -2.13.